The van der Waals surface area contributed by atoms with Gasteiger partial charge in [-0.3, -0.25) is 4.79 Å². The Morgan fingerprint density at radius 1 is 1.38 bits per heavy atom. The summed E-state index contributed by atoms with van der Waals surface area (Å²) in [7, 11) is 0. The smallest absolute Gasteiger partial charge is 0.223 e. The van der Waals surface area contributed by atoms with Gasteiger partial charge in [-0.05, 0) is 25.0 Å². The maximum absolute atomic E-state index is 11.1. The highest BCUT2D eigenvalue weighted by Gasteiger charge is 2.25. The van der Waals surface area contributed by atoms with Crippen LogP contribution in [0.3, 0.4) is 0 Å². The lowest BCUT2D eigenvalue weighted by Crippen LogP contribution is -2.16. The van der Waals surface area contributed by atoms with E-state index in [0.717, 1.165) is 5.69 Å². The zero-order chi connectivity index (χ0) is 14.8. The van der Waals surface area contributed by atoms with Gasteiger partial charge in [0.25, 0.3) is 0 Å². The number of anilines is 2. The Morgan fingerprint density at radius 2 is 2.19 bits per heavy atom. The molecule has 0 aromatic carbocycles. The summed E-state index contributed by atoms with van der Waals surface area (Å²) >= 11 is 5.86. The first-order valence-corrected chi connectivity index (χ1v) is 7.04. The molecule has 3 N–H and O–H groups in total. The van der Waals surface area contributed by atoms with Gasteiger partial charge in [0.05, 0.1) is 17.8 Å². The molecule has 7 heteroatoms. The number of rotatable bonds is 5. The number of pyridine rings is 1. The van der Waals surface area contributed by atoms with Crippen molar-refractivity contribution in [3.63, 3.8) is 0 Å². The van der Waals surface area contributed by atoms with Crippen molar-refractivity contribution in [3.8, 4) is 0 Å². The zero-order valence-electron chi connectivity index (χ0n) is 11.2. The number of nitrogens with one attached hydrogen (secondary N) is 1. The van der Waals surface area contributed by atoms with Crippen molar-refractivity contribution in [2.75, 3.05) is 5.32 Å². The van der Waals surface area contributed by atoms with Crippen molar-refractivity contribution in [1.29, 1.82) is 0 Å². The van der Waals surface area contributed by atoms with E-state index >= 15 is 0 Å². The summed E-state index contributed by atoms with van der Waals surface area (Å²) in [6.07, 6.45) is 2.37. The third-order valence-corrected chi connectivity index (χ3v) is 3.40. The quantitative estimate of drug-likeness (QED) is 0.883. The number of nitrogens with two attached hydrogens (primary N) is 1. The maximum Gasteiger partial charge on any atom is 0.223 e. The first-order valence-electron chi connectivity index (χ1n) is 6.66. The molecule has 0 radical (unpaired) electrons. The summed E-state index contributed by atoms with van der Waals surface area (Å²) in [4.78, 5) is 15.6. The minimum Gasteiger partial charge on any atom is -0.369 e. The average Bonchev–Trinajstić information content (AvgIpc) is 3.26. The highest BCUT2D eigenvalue weighted by Crippen LogP contribution is 2.39. The molecule has 6 nitrogen and oxygen atoms in total. The second kappa shape index (κ2) is 5.65. The summed E-state index contributed by atoms with van der Waals surface area (Å²) in [6.45, 7) is 0. The lowest BCUT2D eigenvalue weighted by molar-refractivity contribution is -0.117. The van der Waals surface area contributed by atoms with Crippen LogP contribution < -0.4 is 11.1 Å². The van der Waals surface area contributed by atoms with Gasteiger partial charge in [0.1, 0.15) is 5.82 Å². The van der Waals surface area contributed by atoms with Crippen LogP contribution in [0.2, 0.25) is 5.15 Å². The predicted octanol–water partition coefficient (Wildman–Crippen LogP) is 2.17. The SMILES string of the molecule is NC(=O)Cc1nnc(Cl)cc1Nc1cccc(C2CC2)n1. The summed E-state index contributed by atoms with van der Waals surface area (Å²) in [5, 5.41) is 11.0. The third-order valence-electron chi connectivity index (χ3n) is 3.21. The minimum atomic E-state index is -0.477. The fraction of sp³-hybridized carbons (Fsp3) is 0.286. The van der Waals surface area contributed by atoms with Crippen LogP contribution in [-0.4, -0.2) is 21.1 Å². The van der Waals surface area contributed by atoms with Crippen LogP contribution >= 0.6 is 11.6 Å². The molecule has 0 saturated heterocycles. The van der Waals surface area contributed by atoms with E-state index < -0.39 is 5.91 Å². The Balaban J connectivity index is 1.87. The van der Waals surface area contributed by atoms with E-state index in [-0.39, 0.29) is 11.6 Å². The molecule has 1 fully saturated rings. The maximum atomic E-state index is 11.1. The number of hydrogen-bond acceptors (Lipinski definition) is 5. The van der Waals surface area contributed by atoms with E-state index in [1.807, 2.05) is 18.2 Å². The van der Waals surface area contributed by atoms with Crippen molar-refractivity contribution in [2.45, 2.75) is 25.2 Å². The summed E-state index contributed by atoms with van der Waals surface area (Å²) in [6, 6.07) is 7.44. The van der Waals surface area contributed by atoms with Crippen LogP contribution in [0.15, 0.2) is 24.3 Å². The van der Waals surface area contributed by atoms with E-state index in [1.165, 1.54) is 12.8 Å². The Morgan fingerprint density at radius 3 is 2.90 bits per heavy atom. The number of aromatic nitrogens is 3. The van der Waals surface area contributed by atoms with Gasteiger partial charge in [-0.25, -0.2) is 4.98 Å². The molecule has 1 aliphatic rings. The van der Waals surface area contributed by atoms with Gasteiger partial charge in [0.2, 0.25) is 5.91 Å². The monoisotopic (exact) mass is 303 g/mol. The van der Waals surface area contributed by atoms with Gasteiger partial charge in [-0.1, -0.05) is 17.7 Å². The van der Waals surface area contributed by atoms with Gasteiger partial charge < -0.3 is 11.1 Å². The van der Waals surface area contributed by atoms with E-state index in [1.54, 1.807) is 6.07 Å². The topological polar surface area (TPSA) is 93.8 Å². The Hall–Kier alpha value is -2.21. The number of amides is 1. The largest absolute Gasteiger partial charge is 0.369 e. The Bertz CT molecular complexity index is 687. The van der Waals surface area contributed by atoms with Gasteiger partial charge >= 0.3 is 0 Å². The molecule has 108 valence electrons. The molecule has 1 amide bonds. The van der Waals surface area contributed by atoms with Gasteiger partial charge in [-0.2, -0.15) is 5.10 Å². The fourth-order valence-electron chi connectivity index (χ4n) is 2.06. The minimum absolute atomic E-state index is 0.00514. The highest BCUT2D eigenvalue weighted by atomic mass is 35.5. The third kappa shape index (κ3) is 3.46. The highest BCUT2D eigenvalue weighted by molar-refractivity contribution is 6.29. The number of hydrogen-bond donors (Lipinski definition) is 2. The molecule has 0 bridgehead atoms. The molecule has 0 atom stereocenters. The van der Waals surface area contributed by atoms with E-state index in [9.17, 15) is 4.79 Å². The molecule has 1 saturated carbocycles. The summed E-state index contributed by atoms with van der Waals surface area (Å²) < 4.78 is 0. The molecule has 2 aromatic rings. The van der Waals surface area contributed by atoms with Crippen LogP contribution in [-0.2, 0) is 11.2 Å². The number of carbonyl (C=O) groups excluding carboxylic acids is 1. The van der Waals surface area contributed by atoms with E-state index in [2.05, 4.69) is 20.5 Å². The average molecular weight is 304 g/mol. The summed E-state index contributed by atoms with van der Waals surface area (Å²) in [5.41, 5.74) is 7.33. The molecule has 0 unspecified atom stereocenters. The van der Waals surface area contributed by atoms with Crippen molar-refractivity contribution in [1.82, 2.24) is 15.2 Å². The molecule has 2 heterocycles. The molecular formula is C14H14ClN5O. The molecule has 0 spiro atoms. The van der Waals surface area contributed by atoms with E-state index in [4.69, 9.17) is 17.3 Å². The standard InChI is InChI=1S/C14H14ClN5O/c15-12-6-10(11(19-20-12)7-13(16)21)18-14-3-1-2-9(17-14)8-4-5-8/h1-3,6,8H,4-5,7H2,(H2,16,21)(H,17,18,20). The van der Waals surface area contributed by atoms with Gasteiger partial charge in [0, 0.05) is 17.7 Å². The van der Waals surface area contributed by atoms with Crippen LogP contribution in [0.1, 0.15) is 30.1 Å². The number of nitrogens with zero attached hydrogens (tertiary/aromatic N) is 3. The summed E-state index contributed by atoms with van der Waals surface area (Å²) in [5.74, 6) is 0.777. The zero-order valence-corrected chi connectivity index (χ0v) is 12.0. The Kier molecular flexibility index (Phi) is 3.70. The Labute approximate surface area is 126 Å². The fourth-order valence-corrected chi connectivity index (χ4v) is 2.21. The lowest BCUT2D eigenvalue weighted by Gasteiger charge is -2.10. The number of carbonyl (C=O) groups is 1. The molecule has 2 aromatic heterocycles. The van der Waals surface area contributed by atoms with Gasteiger partial charge in [0.15, 0.2) is 5.15 Å². The van der Waals surface area contributed by atoms with Crippen molar-refractivity contribution >= 4 is 29.0 Å². The van der Waals surface area contributed by atoms with Crippen molar-refractivity contribution in [3.05, 3.63) is 40.8 Å². The first kappa shape index (κ1) is 13.8. The predicted molar refractivity (Wildman–Crippen MR) is 79.4 cm³/mol. The molecular weight excluding hydrogens is 290 g/mol. The van der Waals surface area contributed by atoms with Crippen molar-refractivity contribution in [2.24, 2.45) is 5.73 Å². The van der Waals surface area contributed by atoms with Crippen molar-refractivity contribution < 1.29 is 4.79 Å². The van der Waals surface area contributed by atoms with Crippen LogP contribution in [0, 0.1) is 0 Å². The molecule has 1 aliphatic carbocycles. The molecule has 0 aliphatic heterocycles. The van der Waals surface area contributed by atoms with E-state index in [0.29, 0.717) is 23.1 Å². The van der Waals surface area contributed by atoms with Crippen LogP contribution in [0.25, 0.3) is 0 Å². The van der Waals surface area contributed by atoms with Crippen LogP contribution in [0.4, 0.5) is 11.5 Å². The lowest BCUT2D eigenvalue weighted by atomic mass is 10.2. The molecule has 21 heavy (non-hydrogen) atoms. The first-order chi connectivity index (χ1) is 10.1. The normalized spacial score (nSPS) is 14.0. The second-order valence-electron chi connectivity index (χ2n) is 5.02. The number of primary amides is 1. The van der Waals surface area contributed by atoms with Crippen LogP contribution in [0.5, 0.6) is 0 Å². The number of halogens is 1. The van der Waals surface area contributed by atoms with Gasteiger partial charge in [-0.15, -0.1) is 5.10 Å². The second-order valence-corrected chi connectivity index (χ2v) is 5.40. The molecule has 3 rings (SSSR count).